The van der Waals surface area contributed by atoms with Gasteiger partial charge in [0.1, 0.15) is 12.1 Å². The molecule has 1 aliphatic heterocycles. The highest BCUT2D eigenvalue weighted by atomic mass is 35.5. The zero-order chi connectivity index (χ0) is 22.8. The molecule has 4 saturated carbocycles. The fourth-order valence-corrected chi connectivity index (χ4v) is 8.56. The van der Waals surface area contributed by atoms with Crippen molar-refractivity contribution < 1.29 is 13.2 Å². The molecule has 1 aromatic carbocycles. The summed E-state index contributed by atoms with van der Waals surface area (Å²) < 4.78 is 27.6. The van der Waals surface area contributed by atoms with E-state index >= 15 is 0 Å². The number of fused-ring (bicyclic) bond motifs is 1. The van der Waals surface area contributed by atoms with E-state index in [2.05, 4.69) is 15.3 Å². The van der Waals surface area contributed by atoms with Crippen LogP contribution in [0.1, 0.15) is 49.8 Å². The van der Waals surface area contributed by atoms with Crippen LogP contribution in [-0.4, -0.2) is 35.1 Å². The minimum absolute atomic E-state index is 0.0960. The summed E-state index contributed by atoms with van der Waals surface area (Å²) in [6.45, 7) is 0.467. The quantitative estimate of drug-likeness (QED) is 0.704. The van der Waals surface area contributed by atoms with E-state index < -0.39 is 10.0 Å². The molecule has 1 N–H and O–H groups in total. The zero-order valence-corrected chi connectivity index (χ0v) is 19.9. The van der Waals surface area contributed by atoms with Crippen molar-refractivity contribution in [3.8, 4) is 0 Å². The van der Waals surface area contributed by atoms with Gasteiger partial charge in [0.2, 0.25) is 15.9 Å². The van der Waals surface area contributed by atoms with E-state index in [1.165, 1.54) is 42.0 Å². The van der Waals surface area contributed by atoms with Crippen LogP contribution < -0.4 is 5.32 Å². The summed E-state index contributed by atoms with van der Waals surface area (Å²) in [6.07, 6.45) is 8.71. The lowest BCUT2D eigenvalue weighted by Crippen LogP contribution is -2.52. The van der Waals surface area contributed by atoms with Gasteiger partial charge < -0.3 is 5.32 Å². The lowest BCUT2D eigenvalue weighted by molar-refractivity contribution is -0.140. The SMILES string of the molecule is O=C(Nc1ncnc2c1CCN(S(=O)(=O)c1ccc(Cl)cc1)C2)C12CC3CC(CC(C3)C1)C2. The minimum atomic E-state index is -3.66. The van der Waals surface area contributed by atoms with Crippen molar-refractivity contribution in [1.82, 2.24) is 14.3 Å². The van der Waals surface area contributed by atoms with Crippen LogP contribution in [0.4, 0.5) is 5.82 Å². The van der Waals surface area contributed by atoms with Crippen molar-refractivity contribution in [1.29, 1.82) is 0 Å². The number of hydrogen-bond donors (Lipinski definition) is 1. The van der Waals surface area contributed by atoms with Crippen LogP contribution >= 0.6 is 11.6 Å². The number of anilines is 1. The number of amides is 1. The van der Waals surface area contributed by atoms with Crippen molar-refractivity contribution in [2.75, 3.05) is 11.9 Å². The molecule has 4 bridgehead atoms. The summed E-state index contributed by atoms with van der Waals surface area (Å²) in [5.74, 6) is 2.71. The van der Waals surface area contributed by atoms with E-state index in [4.69, 9.17) is 11.6 Å². The number of nitrogens with one attached hydrogen (secondary N) is 1. The highest BCUT2D eigenvalue weighted by Gasteiger charge is 2.54. The Morgan fingerprint density at radius 1 is 1.03 bits per heavy atom. The molecule has 5 aliphatic rings. The van der Waals surface area contributed by atoms with Gasteiger partial charge in [-0.15, -0.1) is 0 Å². The lowest BCUT2D eigenvalue weighted by atomic mass is 9.49. The number of rotatable bonds is 4. The van der Waals surface area contributed by atoms with Crippen LogP contribution in [0.2, 0.25) is 5.02 Å². The topological polar surface area (TPSA) is 92.3 Å². The maximum absolute atomic E-state index is 13.5. The second kappa shape index (κ2) is 7.75. The minimum Gasteiger partial charge on any atom is -0.310 e. The Morgan fingerprint density at radius 2 is 1.67 bits per heavy atom. The first-order valence-electron chi connectivity index (χ1n) is 11.7. The molecular weight excluding hydrogens is 460 g/mol. The molecule has 0 unspecified atom stereocenters. The highest BCUT2D eigenvalue weighted by molar-refractivity contribution is 7.89. The van der Waals surface area contributed by atoms with Crippen LogP contribution in [-0.2, 0) is 27.8 Å². The Labute approximate surface area is 199 Å². The molecule has 2 aromatic rings. The maximum Gasteiger partial charge on any atom is 0.243 e. The van der Waals surface area contributed by atoms with Gasteiger partial charge in [-0.1, -0.05) is 11.6 Å². The van der Waals surface area contributed by atoms with Gasteiger partial charge >= 0.3 is 0 Å². The molecule has 174 valence electrons. The van der Waals surface area contributed by atoms with Gasteiger partial charge in [0.05, 0.1) is 22.5 Å². The molecule has 2 heterocycles. The third-order valence-corrected chi connectivity index (χ3v) is 10.3. The number of nitrogens with zero attached hydrogens (tertiary/aromatic N) is 3. The normalized spacial score (nSPS) is 30.8. The first kappa shape index (κ1) is 21.5. The number of halogens is 1. The summed E-state index contributed by atoms with van der Waals surface area (Å²) in [7, 11) is -3.66. The second-order valence-electron chi connectivity index (χ2n) is 10.3. The monoisotopic (exact) mass is 486 g/mol. The lowest BCUT2D eigenvalue weighted by Gasteiger charge is -2.55. The van der Waals surface area contributed by atoms with E-state index in [1.807, 2.05) is 0 Å². The van der Waals surface area contributed by atoms with E-state index in [0.29, 0.717) is 47.3 Å². The van der Waals surface area contributed by atoms with Crippen LogP contribution in [0.25, 0.3) is 0 Å². The van der Waals surface area contributed by atoms with Gasteiger partial charge in [-0.3, -0.25) is 4.79 Å². The number of aromatic nitrogens is 2. The van der Waals surface area contributed by atoms with Crippen molar-refractivity contribution in [3.63, 3.8) is 0 Å². The molecule has 7 rings (SSSR count). The first-order chi connectivity index (χ1) is 15.8. The number of hydrogen-bond acceptors (Lipinski definition) is 5. The molecular formula is C24H27ClN4O3S. The number of sulfonamides is 1. The van der Waals surface area contributed by atoms with Crippen molar-refractivity contribution in [2.45, 2.75) is 56.4 Å². The maximum atomic E-state index is 13.5. The summed E-state index contributed by atoms with van der Waals surface area (Å²) in [5, 5.41) is 3.64. The molecule has 4 fully saturated rings. The van der Waals surface area contributed by atoms with Crippen LogP contribution in [0, 0.1) is 23.2 Å². The van der Waals surface area contributed by atoms with E-state index in [0.717, 1.165) is 24.8 Å². The Morgan fingerprint density at radius 3 is 2.30 bits per heavy atom. The Bertz CT molecular complexity index is 1180. The molecule has 1 amide bonds. The summed E-state index contributed by atoms with van der Waals surface area (Å²) in [4.78, 5) is 22.5. The molecule has 0 spiro atoms. The zero-order valence-electron chi connectivity index (χ0n) is 18.3. The average molecular weight is 487 g/mol. The molecule has 4 aliphatic carbocycles. The van der Waals surface area contributed by atoms with E-state index in [9.17, 15) is 13.2 Å². The molecule has 1 aromatic heterocycles. The third kappa shape index (κ3) is 3.67. The number of carbonyl (C=O) groups excluding carboxylic acids is 1. The van der Waals surface area contributed by atoms with Gasteiger partial charge in [0.15, 0.2) is 0 Å². The number of benzene rings is 1. The largest absolute Gasteiger partial charge is 0.310 e. The third-order valence-electron chi connectivity index (χ3n) is 8.18. The Balaban J connectivity index is 1.22. The van der Waals surface area contributed by atoms with Crippen LogP contribution in [0.15, 0.2) is 35.5 Å². The van der Waals surface area contributed by atoms with E-state index in [1.54, 1.807) is 12.1 Å². The molecule has 0 atom stereocenters. The predicted molar refractivity (Wildman–Crippen MR) is 124 cm³/mol. The number of carbonyl (C=O) groups is 1. The Kier molecular flexibility index (Phi) is 5.05. The average Bonchev–Trinajstić information content (AvgIpc) is 2.78. The Hall–Kier alpha value is -2.03. The van der Waals surface area contributed by atoms with Gasteiger partial charge in [-0.2, -0.15) is 4.31 Å². The predicted octanol–water partition coefficient (Wildman–Crippen LogP) is 4.03. The second-order valence-corrected chi connectivity index (χ2v) is 12.7. The van der Waals surface area contributed by atoms with Crippen LogP contribution in [0.3, 0.4) is 0 Å². The molecule has 9 heteroatoms. The van der Waals surface area contributed by atoms with Gasteiger partial charge in [0, 0.05) is 17.1 Å². The summed E-state index contributed by atoms with van der Waals surface area (Å²) >= 11 is 5.91. The fraction of sp³-hybridized carbons (Fsp3) is 0.542. The smallest absolute Gasteiger partial charge is 0.243 e. The molecule has 33 heavy (non-hydrogen) atoms. The standard InChI is InChI=1S/C24H27ClN4O3S/c25-18-1-3-19(4-2-18)33(31,32)29-6-5-20-21(13-29)26-14-27-22(20)28-23(30)24-10-15-7-16(11-24)9-17(8-15)12-24/h1-4,14-17H,5-13H2,(H,26,27,28,30). The van der Waals surface area contributed by atoms with Gasteiger partial charge in [-0.05, 0) is 87.0 Å². The molecule has 0 saturated heterocycles. The fourth-order valence-electron chi connectivity index (χ4n) is 7.03. The molecule has 7 nitrogen and oxygen atoms in total. The highest BCUT2D eigenvalue weighted by Crippen LogP contribution is 2.60. The van der Waals surface area contributed by atoms with Crippen molar-refractivity contribution in [3.05, 3.63) is 46.9 Å². The summed E-state index contributed by atoms with van der Waals surface area (Å²) in [5.41, 5.74) is 1.23. The van der Waals surface area contributed by atoms with Crippen molar-refractivity contribution >= 4 is 33.3 Å². The van der Waals surface area contributed by atoms with Gasteiger partial charge in [-0.25, -0.2) is 18.4 Å². The van der Waals surface area contributed by atoms with Crippen LogP contribution in [0.5, 0.6) is 0 Å². The first-order valence-corrected chi connectivity index (χ1v) is 13.5. The molecule has 0 radical (unpaired) electrons. The van der Waals surface area contributed by atoms with E-state index in [-0.39, 0.29) is 22.8 Å². The van der Waals surface area contributed by atoms with Crippen molar-refractivity contribution in [2.24, 2.45) is 23.2 Å². The van der Waals surface area contributed by atoms with Gasteiger partial charge in [0.25, 0.3) is 0 Å². The summed E-state index contributed by atoms with van der Waals surface area (Å²) in [6, 6.07) is 6.19.